The molecule has 0 aliphatic heterocycles. The molecule has 0 unspecified atom stereocenters. The maximum Gasteiger partial charge on any atom is 0.251 e. The molecular formula is C13H12ClNO2S. The van der Waals surface area contributed by atoms with E-state index in [1.54, 1.807) is 25.1 Å². The van der Waals surface area contributed by atoms with Gasteiger partial charge in [-0.2, -0.15) is 0 Å². The van der Waals surface area contributed by atoms with Crippen LogP contribution in [0.4, 0.5) is 0 Å². The molecule has 0 fully saturated rings. The molecule has 3 nitrogen and oxygen atoms in total. The topological polar surface area (TPSA) is 49.3 Å². The highest BCUT2D eigenvalue weighted by Gasteiger charge is 2.07. The molecule has 0 aliphatic rings. The van der Waals surface area contributed by atoms with E-state index in [4.69, 9.17) is 11.6 Å². The van der Waals surface area contributed by atoms with Crippen molar-refractivity contribution in [3.63, 3.8) is 0 Å². The molecule has 2 aromatic rings. The summed E-state index contributed by atoms with van der Waals surface area (Å²) in [6.45, 7) is 2.21. The summed E-state index contributed by atoms with van der Waals surface area (Å²) in [6, 6.07) is 8.46. The van der Waals surface area contributed by atoms with Gasteiger partial charge in [0, 0.05) is 10.4 Å². The van der Waals surface area contributed by atoms with Gasteiger partial charge < -0.3 is 10.4 Å². The van der Waals surface area contributed by atoms with Gasteiger partial charge in [0.15, 0.2) is 0 Å². The third-order valence-corrected chi connectivity index (χ3v) is 3.74. The van der Waals surface area contributed by atoms with E-state index in [1.807, 2.05) is 6.07 Å². The summed E-state index contributed by atoms with van der Waals surface area (Å²) in [5.74, 6) is 0.0270. The first-order valence-corrected chi connectivity index (χ1v) is 6.58. The molecule has 0 atom stereocenters. The van der Waals surface area contributed by atoms with E-state index in [0.29, 0.717) is 22.0 Å². The lowest BCUT2D eigenvalue weighted by atomic mass is 10.1. The van der Waals surface area contributed by atoms with Gasteiger partial charge in [0.1, 0.15) is 5.75 Å². The lowest BCUT2D eigenvalue weighted by molar-refractivity contribution is 0.0951. The molecule has 1 amide bonds. The van der Waals surface area contributed by atoms with Crippen molar-refractivity contribution in [1.29, 1.82) is 0 Å². The SMILES string of the molecule is Cc1cc(C(=O)NCc2ccc(Cl)s2)ccc1O. The first-order valence-electron chi connectivity index (χ1n) is 5.38. The molecule has 0 saturated carbocycles. The Morgan fingerprint density at radius 1 is 1.39 bits per heavy atom. The monoisotopic (exact) mass is 281 g/mol. The summed E-state index contributed by atoms with van der Waals surface area (Å²) in [5, 5.41) is 12.2. The highest BCUT2D eigenvalue weighted by Crippen LogP contribution is 2.21. The fourth-order valence-corrected chi connectivity index (χ4v) is 2.54. The van der Waals surface area contributed by atoms with Crippen molar-refractivity contribution in [1.82, 2.24) is 5.32 Å². The minimum atomic E-state index is -0.164. The van der Waals surface area contributed by atoms with Gasteiger partial charge in [0.05, 0.1) is 10.9 Å². The van der Waals surface area contributed by atoms with Crippen molar-refractivity contribution in [2.45, 2.75) is 13.5 Å². The number of benzene rings is 1. The number of amides is 1. The van der Waals surface area contributed by atoms with Gasteiger partial charge in [0.25, 0.3) is 5.91 Å². The standard InChI is InChI=1S/C13H12ClNO2S/c1-8-6-9(2-4-11(8)16)13(17)15-7-10-3-5-12(14)18-10/h2-6,16H,7H2,1H3,(H,15,17). The Kier molecular flexibility index (Phi) is 3.89. The lowest BCUT2D eigenvalue weighted by Gasteiger charge is -2.05. The highest BCUT2D eigenvalue weighted by molar-refractivity contribution is 7.16. The molecule has 0 aliphatic carbocycles. The highest BCUT2D eigenvalue weighted by atomic mass is 35.5. The number of rotatable bonds is 3. The van der Waals surface area contributed by atoms with E-state index in [9.17, 15) is 9.90 Å². The van der Waals surface area contributed by atoms with E-state index in [2.05, 4.69) is 5.32 Å². The van der Waals surface area contributed by atoms with Crippen LogP contribution in [0, 0.1) is 6.92 Å². The molecule has 0 bridgehead atoms. The maximum absolute atomic E-state index is 11.9. The van der Waals surface area contributed by atoms with Gasteiger partial charge in [-0.25, -0.2) is 0 Å². The van der Waals surface area contributed by atoms with Gasteiger partial charge in [-0.15, -0.1) is 11.3 Å². The average Bonchev–Trinajstić information content (AvgIpc) is 2.75. The number of thiophene rings is 1. The third-order valence-electron chi connectivity index (χ3n) is 2.51. The average molecular weight is 282 g/mol. The Balaban J connectivity index is 2.01. The van der Waals surface area contributed by atoms with Crippen molar-refractivity contribution < 1.29 is 9.90 Å². The molecule has 1 heterocycles. The van der Waals surface area contributed by atoms with Crippen molar-refractivity contribution in [3.8, 4) is 5.75 Å². The Bertz CT molecular complexity index is 580. The van der Waals surface area contributed by atoms with E-state index in [1.165, 1.54) is 17.4 Å². The lowest BCUT2D eigenvalue weighted by Crippen LogP contribution is -2.22. The molecule has 2 N–H and O–H groups in total. The number of nitrogens with one attached hydrogen (secondary N) is 1. The Hall–Kier alpha value is -1.52. The van der Waals surface area contributed by atoms with Crippen molar-refractivity contribution in [2.24, 2.45) is 0 Å². The van der Waals surface area contributed by atoms with Crippen LogP contribution >= 0.6 is 22.9 Å². The maximum atomic E-state index is 11.9. The second-order valence-corrected chi connectivity index (χ2v) is 5.69. The van der Waals surface area contributed by atoms with Crippen molar-refractivity contribution in [3.05, 3.63) is 50.7 Å². The van der Waals surface area contributed by atoms with Crippen LogP contribution in [0.5, 0.6) is 5.75 Å². The van der Waals surface area contributed by atoms with Crippen LogP contribution in [0.15, 0.2) is 30.3 Å². The summed E-state index contributed by atoms with van der Waals surface area (Å²) in [7, 11) is 0. The predicted molar refractivity (Wildman–Crippen MR) is 73.3 cm³/mol. The zero-order valence-corrected chi connectivity index (χ0v) is 11.3. The molecule has 94 valence electrons. The molecule has 18 heavy (non-hydrogen) atoms. The van der Waals surface area contributed by atoms with E-state index < -0.39 is 0 Å². The second kappa shape index (κ2) is 5.42. The number of carbonyl (C=O) groups is 1. The number of carbonyl (C=O) groups excluding carboxylic acids is 1. The van der Waals surface area contributed by atoms with Gasteiger partial charge in [-0.05, 0) is 42.8 Å². The Morgan fingerprint density at radius 2 is 2.17 bits per heavy atom. The van der Waals surface area contributed by atoms with E-state index >= 15 is 0 Å². The molecule has 0 radical (unpaired) electrons. The van der Waals surface area contributed by atoms with Crippen LogP contribution in [0.2, 0.25) is 4.34 Å². The number of halogens is 1. The molecular weight excluding hydrogens is 270 g/mol. The van der Waals surface area contributed by atoms with Crippen LogP contribution in [-0.4, -0.2) is 11.0 Å². The fourth-order valence-electron chi connectivity index (χ4n) is 1.51. The summed E-state index contributed by atoms with van der Waals surface area (Å²) >= 11 is 7.25. The summed E-state index contributed by atoms with van der Waals surface area (Å²) < 4.78 is 0.708. The minimum absolute atomic E-state index is 0.164. The number of hydrogen-bond acceptors (Lipinski definition) is 3. The van der Waals surface area contributed by atoms with Crippen molar-refractivity contribution in [2.75, 3.05) is 0 Å². The normalized spacial score (nSPS) is 10.3. The quantitative estimate of drug-likeness (QED) is 0.906. The largest absolute Gasteiger partial charge is 0.508 e. The van der Waals surface area contributed by atoms with Crippen LogP contribution in [0.1, 0.15) is 20.8 Å². The van der Waals surface area contributed by atoms with Crippen LogP contribution < -0.4 is 5.32 Å². The summed E-state index contributed by atoms with van der Waals surface area (Å²) in [5.41, 5.74) is 1.22. The third kappa shape index (κ3) is 3.03. The van der Waals surface area contributed by atoms with Crippen molar-refractivity contribution >= 4 is 28.8 Å². The van der Waals surface area contributed by atoms with Crippen LogP contribution in [-0.2, 0) is 6.54 Å². The Labute approximate surface area is 114 Å². The van der Waals surface area contributed by atoms with E-state index in [0.717, 1.165) is 4.88 Å². The molecule has 2 rings (SSSR count). The number of phenolic OH excluding ortho intramolecular Hbond substituents is 1. The zero-order chi connectivity index (χ0) is 13.1. The Morgan fingerprint density at radius 3 is 2.78 bits per heavy atom. The fraction of sp³-hybridized carbons (Fsp3) is 0.154. The van der Waals surface area contributed by atoms with E-state index in [-0.39, 0.29) is 11.7 Å². The first-order chi connectivity index (χ1) is 8.56. The van der Waals surface area contributed by atoms with Gasteiger partial charge in [0.2, 0.25) is 0 Å². The second-order valence-electron chi connectivity index (χ2n) is 3.89. The number of aryl methyl sites for hydroxylation is 1. The molecule has 0 saturated heterocycles. The molecule has 0 spiro atoms. The minimum Gasteiger partial charge on any atom is -0.508 e. The predicted octanol–water partition coefficient (Wildman–Crippen LogP) is 3.35. The molecule has 1 aromatic heterocycles. The summed E-state index contributed by atoms with van der Waals surface area (Å²) in [6.07, 6.45) is 0. The number of aromatic hydroxyl groups is 1. The molecule has 1 aromatic carbocycles. The molecule has 5 heteroatoms. The van der Waals surface area contributed by atoms with Crippen LogP contribution in [0.25, 0.3) is 0 Å². The number of phenols is 1. The van der Waals surface area contributed by atoms with Gasteiger partial charge in [-0.3, -0.25) is 4.79 Å². The smallest absolute Gasteiger partial charge is 0.251 e. The van der Waals surface area contributed by atoms with Gasteiger partial charge >= 0.3 is 0 Å². The first kappa shape index (κ1) is 12.9. The number of hydrogen-bond donors (Lipinski definition) is 2. The summed E-state index contributed by atoms with van der Waals surface area (Å²) in [4.78, 5) is 12.9. The zero-order valence-electron chi connectivity index (χ0n) is 9.74. The van der Waals surface area contributed by atoms with Gasteiger partial charge in [-0.1, -0.05) is 11.6 Å². The van der Waals surface area contributed by atoms with Crippen LogP contribution in [0.3, 0.4) is 0 Å².